The van der Waals surface area contributed by atoms with Gasteiger partial charge in [-0.3, -0.25) is 4.79 Å². The summed E-state index contributed by atoms with van der Waals surface area (Å²) in [7, 11) is 0. The molecule has 1 N–H and O–H groups in total. The molecule has 2 aromatic heterocycles. The largest absolute Gasteiger partial charge is 0.434 e. The zero-order chi connectivity index (χ0) is 17.4. The number of thiophene rings is 1. The van der Waals surface area contributed by atoms with Crippen LogP contribution in [0.2, 0.25) is 0 Å². The van der Waals surface area contributed by atoms with Crippen molar-refractivity contribution >= 4 is 33.6 Å². The molecule has 0 aliphatic carbocycles. The minimum Gasteiger partial charge on any atom is -0.312 e. The maximum atomic E-state index is 12.8. The number of hydrogen-bond donors (Lipinski definition) is 1. The second-order valence-corrected chi connectivity index (χ2v) is 7.43. The molecule has 4 nitrogen and oxygen atoms in total. The van der Waals surface area contributed by atoms with Crippen molar-refractivity contribution < 1.29 is 18.0 Å². The van der Waals surface area contributed by atoms with Crippen LogP contribution in [-0.2, 0) is 11.6 Å². The van der Waals surface area contributed by atoms with E-state index in [1.807, 2.05) is 26.8 Å². The van der Waals surface area contributed by atoms with Crippen molar-refractivity contribution in [2.45, 2.75) is 32.4 Å². The second kappa shape index (κ2) is 5.94. The lowest BCUT2D eigenvalue weighted by Crippen LogP contribution is -2.17. The number of nitrogens with one attached hydrogen (secondary N) is 1. The Morgan fingerprint density at radius 3 is 2.48 bits per heavy atom. The molecular weight excluding hydrogens is 347 g/mol. The van der Waals surface area contributed by atoms with E-state index in [-0.39, 0.29) is 16.0 Å². The summed E-state index contributed by atoms with van der Waals surface area (Å²) >= 11 is 1.72. The van der Waals surface area contributed by atoms with E-state index in [4.69, 9.17) is 0 Å². The fraction of sp³-hybridized carbons (Fsp3) is 0.357. The Balaban J connectivity index is 2.35. The summed E-state index contributed by atoms with van der Waals surface area (Å²) in [5.74, 6) is -0.918. The van der Waals surface area contributed by atoms with E-state index in [1.165, 1.54) is 0 Å². The number of aromatic nitrogens is 1. The van der Waals surface area contributed by atoms with Crippen molar-refractivity contribution in [1.82, 2.24) is 4.98 Å². The average molecular weight is 359 g/mol. The smallest absolute Gasteiger partial charge is 0.312 e. The SMILES string of the molecule is CC(C)(C)c1csc(NC(=O)c2scnc2C(F)(F)F)c1C#N. The van der Waals surface area contributed by atoms with Gasteiger partial charge in [-0.1, -0.05) is 20.8 Å². The molecule has 0 fully saturated rings. The minimum absolute atomic E-state index is 0.240. The summed E-state index contributed by atoms with van der Waals surface area (Å²) in [5, 5.41) is 13.7. The summed E-state index contributed by atoms with van der Waals surface area (Å²) in [6.07, 6.45) is -4.70. The highest BCUT2D eigenvalue weighted by atomic mass is 32.1. The predicted molar refractivity (Wildman–Crippen MR) is 82.8 cm³/mol. The third kappa shape index (κ3) is 3.54. The number of halogens is 3. The van der Waals surface area contributed by atoms with Crippen LogP contribution in [0.5, 0.6) is 0 Å². The Morgan fingerprint density at radius 1 is 1.30 bits per heavy atom. The maximum Gasteiger partial charge on any atom is 0.434 e. The van der Waals surface area contributed by atoms with Crippen molar-refractivity contribution in [3.05, 3.63) is 32.6 Å². The first-order valence-electron chi connectivity index (χ1n) is 6.39. The van der Waals surface area contributed by atoms with Crippen LogP contribution in [0, 0.1) is 11.3 Å². The van der Waals surface area contributed by atoms with Gasteiger partial charge in [0.05, 0.1) is 11.1 Å². The number of hydrogen-bond acceptors (Lipinski definition) is 5. The highest BCUT2D eigenvalue weighted by Crippen LogP contribution is 2.37. The summed E-state index contributed by atoms with van der Waals surface area (Å²) < 4.78 is 38.4. The molecule has 9 heteroatoms. The molecule has 0 saturated carbocycles. The third-order valence-corrected chi connectivity index (χ3v) is 4.70. The highest BCUT2D eigenvalue weighted by Gasteiger charge is 2.38. The molecule has 122 valence electrons. The van der Waals surface area contributed by atoms with Gasteiger partial charge in [0, 0.05) is 0 Å². The van der Waals surface area contributed by atoms with Gasteiger partial charge in [0.15, 0.2) is 5.69 Å². The van der Waals surface area contributed by atoms with E-state index in [0.717, 1.165) is 22.4 Å². The number of carbonyl (C=O) groups is 1. The van der Waals surface area contributed by atoms with Gasteiger partial charge in [0.1, 0.15) is 15.9 Å². The van der Waals surface area contributed by atoms with Gasteiger partial charge in [0.25, 0.3) is 5.91 Å². The van der Waals surface area contributed by atoms with Gasteiger partial charge in [-0.05, 0) is 16.4 Å². The van der Waals surface area contributed by atoms with Crippen LogP contribution in [0.25, 0.3) is 0 Å². The van der Waals surface area contributed by atoms with Gasteiger partial charge in [0.2, 0.25) is 0 Å². The summed E-state index contributed by atoms with van der Waals surface area (Å²) in [5.41, 5.74) is 0.449. The quantitative estimate of drug-likeness (QED) is 0.849. The number of anilines is 1. The molecule has 0 bridgehead atoms. The fourth-order valence-electron chi connectivity index (χ4n) is 1.88. The van der Waals surface area contributed by atoms with Crippen LogP contribution < -0.4 is 5.32 Å². The van der Waals surface area contributed by atoms with Crippen molar-refractivity contribution in [3.63, 3.8) is 0 Å². The van der Waals surface area contributed by atoms with Crippen LogP contribution in [0.4, 0.5) is 18.2 Å². The molecule has 2 heterocycles. The van der Waals surface area contributed by atoms with E-state index < -0.39 is 22.7 Å². The minimum atomic E-state index is -4.70. The number of nitriles is 1. The zero-order valence-electron chi connectivity index (χ0n) is 12.4. The lowest BCUT2D eigenvalue weighted by molar-refractivity contribution is -0.141. The maximum absolute atomic E-state index is 12.8. The predicted octanol–water partition coefficient (Wildman–Crippen LogP) is 4.64. The van der Waals surface area contributed by atoms with E-state index in [9.17, 15) is 23.2 Å². The summed E-state index contributed by atoms with van der Waals surface area (Å²) in [4.78, 5) is 14.8. The standard InChI is InChI=1S/C14H12F3N3OS2/c1-13(2,3)8-5-22-12(7(8)4-18)20-11(21)9-10(14(15,16)17)19-6-23-9/h5-6H,1-3H3,(H,20,21). The van der Waals surface area contributed by atoms with Crippen LogP contribution >= 0.6 is 22.7 Å². The summed E-state index contributed by atoms with van der Waals surface area (Å²) in [6.45, 7) is 5.73. The molecular formula is C14H12F3N3OS2. The molecule has 2 aromatic rings. The van der Waals surface area contributed by atoms with Gasteiger partial charge >= 0.3 is 6.18 Å². The Hall–Kier alpha value is -1.92. The number of carbonyl (C=O) groups excluding carboxylic acids is 1. The number of alkyl halides is 3. The molecule has 1 amide bonds. The van der Waals surface area contributed by atoms with Gasteiger partial charge in [-0.15, -0.1) is 22.7 Å². The number of nitrogens with zero attached hydrogens (tertiary/aromatic N) is 2. The average Bonchev–Trinajstić information content (AvgIpc) is 3.02. The molecule has 2 rings (SSSR count). The molecule has 0 aliphatic heterocycles. The molecule has 0 radical (unpaired) electrons. The Bertz CT molecular complexity index is 779. The normalized spacial score (nSPS) is 12.0. The van der Waals surface area contributed by atoms with Crippen LogP contribution in [0.3, 0.4) is 0 Å². The van der Waals surface area contributed by atoms with Crippen LogP contribution in [-0.4, -0.2) is 10.9 Å². The van der Waals surface area contributed by atoms with Crippen LogP contribution in [0.1, 0.15) is 47.3 Å². The molecule has 0 saturated heterocycles. The van der Waals surface area contributed by atoms with E-state index in [1.54, 1.807) is 5.38 Å². The van der Waals surface area contributed by atoms with Crippen molar-refractivity contribution in [2.75, 3.05) is 5.32 Å². The molecule has 0 atom stereocenters. The molecule has 0 unspecified atom stereocenters. The first-order valence-corrected chi connectivity index (χ1v) is 8.15. The van der Waals surface area contributed by atoms with Crippen LogP contribution in [0.15, 0.2) is 10.9 Å². The van der Waals surface area contributed by atoms with Crippen molar-refractivity contribution in [1.29, 1.82) is 5.26 Å². The topological polar surface area (TPSA) is 65.8 Å². The highest BCUT2D eigenvalue weighted by molar-refractivity contribution is 7.15. The monoisotopic (exact) mass is 359 g/mol. The molecule has 0 spiro atoms. The van der Waals surface area contributed by atoms with Gasteiger partial charge < -0.3 is 5.32 Å². The Morgan fingerprint density at radius 2 is 1.96 bits per heavy atom. The molecule has 23 heavy (non-hydrogen) atoms. The lowest BCUT2D eigenvalue weighted by atomic mass is 9.86. The van der Waals surface area contributed by atoms with Gasteiger partial charge in [-0.25, -0.2) is 4.98 Å². The summed E-state index contributed by atoms with van der Waals surface area (Å²) in [6, 6.07) is 2.01. The molecule has 0 aliphatic rings. The van der Waals surface area contributed by atoms with E-state index >= 15 is 0 Å². The number of rotatable bonds is 2. The van der Waals surface area contributed by atoms with Crippen molar-refractivity contribution in [3.8, 4) is 6.07 Å². The second-order valence-electron chi connectivity index (χ2n) is 5.70. The zero-order valence-corrected chi connectivity index (χ0v) is 14.0. The number of amides is 1. The van der Waals surface area contributed by atoms with E-state index in [0.29, 0.717) is 11.3 Å². The Labute approximate surface area is 138 Å². The van der Waals surface area contributed by atoms with E-state index in [2.05, 4.69) is 10.3 Å². The first-order chi connectivity index (χ1) is 10.6. The Kier molecular flexibility index (Phi) is 4.50. The van der Waals surface area contributed by atoms with Gasteiger partial charge in [-0.2, -0.15) is 18.4 Å². The third-order valence-electron chi connectivity index (χ3n) is 2.98. The lowest BCUT2D eigenvalue weighted by Gasteiger charge is -2.17. The van der Waals surface area contributed by atoms with Crippen molar-refractivity contribution in [2.24, 2.45) is 0 Å². The first kappa shape index (κ1) is 17.4. The fourth-order valence-corrected chi connectivity index (χ4v) is 3.72. The molecule has 0 aromatic carbocycles. The number of thiazole rings is 1.